The average Bonchev–Trinajstić information content (AvgIpc) is 3.21. The van der Waals surface area contributed by atoms with Crippen molar-refractivity contribution in [3.8, 4) is 11.3 Å². The molecule has 1 aliphatic carbocycles. The van der Waals surface area contributed by atoms with Crippen LogP contribution in [0.3, 0.4) is 0 Å². The molecule has 6 rings (SSSR count). The van der Waals surface area contributed by atoms with Crippen molar-refractivity contribution in [3.63, 3.8) is 0 Å². The molecule has 9 nitrogen and oxygen atoms in total. The Morgan fingerprint density at radius 1 is 1.26 bits per heavy atom. The van der Waals surface area contributed by atoms with Crippen LogP contribution in [0.5, 0.6) is 0 Å². The second kappa shape index (κ2) is 7.05. The SMILES string of the molecule is CNc1cc(-c2cn(C3CCOC3)c3ncccc23)nc2c(C(=O)NC3CC3)cnn12. The summed E-state index contributed by atoms with van der Waals surface area (Å²) in [5.74, 6) is 0.635. The number of carbonyl (C=O) groups is 1. The predicted octanol–water partition coefficient (Wildman–Crippen LogP) is 2.64. The van der Waals surface area contributed by atoms with Crippen LogP contribution in [0.2, 0.25) is 0 Å². The van der Waals surface area contributed by atoms with E-state index in [1.165, 1.54) is 0 Å². The van der Waals surface area contributed by atoms with Crippen molar-refractivity contribution in [2.45, 2.75) is 31.3 Å². The van der Waals surface area contributed by atoms with Gasteiger partial charge in [-0.3, -0.25) is 4.79 Å². The van der Waals surface area contributed by atoms with Gasteiger partial charge in [0.2, 0.25) is 0 Å². The van der Waals surface area contributed by atoms with Crippen LogP contribution in [-0.2, 0) is 4.74 Å². The lowest BCUT2D eigenvalue weighted by Gasteiger charge is -2.10. The molecule has 1 atom stereocenters. The molecule has 1 saturated carbocycles. The van der Waals surface area contributed by atoms with Gasteiger partial charge in [0.25, 0.3) is 5.91 Å². The average molecular weight is 417 g/mol. The van der Waals surface area contributed by atoms with Gasteiger partial charge in [0.1, 0.15) is 17.0 Å². The van der Waals surface area contributed by atoms with Gasteiger partial charge in [-0.05, 0) is 31.4 Å². The molecule has 4 aromatic rings. The largest absolute Gasteiger partial charge is 0.379 e. The highest BCUT2D eigenvalue weighted by molar-refractivity contribution is 6.01. The Hall–Kier alpha value is -3.46. The first-order valence-corrected chi connectivity index (χ1v) is 10.6. The Labute approximate surface area is 178 Å². The van der Waals surface area contributed by atoms with E-state index in [0.717, 1.165) is 54.0 Å². The lowest BCUT2D eigenvalue weighted by molar-refractivity contribution is 0.0952. The number of carbonyl (C=O) groups excluding carboxylic acids is 1. The molecular weight excluding hydrogens is 394 g/mol. The van der Waals surface area contributed by atoms with Gasteiger partial charge in [0.05, 0.1) is 24.5 Å². The van der Waals surface area contributed by atoms with Gasteiger partial charge < -0.3 is 19.9 Å². The zero-order valence-electron chi connectivity index (χ0n) is 17.2. The second-order valence-corrected chi connectivity index (χ2v) is 8.16. The van der Waals surface area contributed by atoms with Crippen molar-refractivity contribution in [1.82, 2.24) is 29.5 Å². The van der Waals surface area contributed by atoms with Gasteiger partial charge in [-0.2, -0.15) is 9.61 Å². The van der Waals surface area contributed by atoms with Crippen LogP contribution in [0, 0.1) is 0 Å². The summed E-state index contributed by atoms with van der Waals surface area (Å²) < 4.78 is 9.48. The van der Waals surface area contributed by atoms with Crippen LogP contribution in [0.15, 0.2) is 36.8 Å². The minimum atomic E-state index is -0.128. The third-order valence-electron chi connectivity index (χ3n) is 6.05. The Balaban J connectivity index is 1.52. The zero-order valence-corrected chi connectivity index (χ0v) is 17.2. The van der Waals surface area contributed by atoms with Gasteiger partial charge in [-0.1, -0.05) is 0 Å². The van der Waals surface area contributed by atoms with Gasteiger partial charge in [0.15, 0.2) is 5.65 Å². The molecule has 2 aliphatic rings. The molecule has 1 saturated heterocycles. The van der Waals surface area contributed by atoms with Crippen LogP contribution in [-0.4, -0.2) is 56.4 Å². The summed E-state index contributed by atoms with van der Waals surface area (Å²) in [6, 6.07) is 6.48. The summed E-state index contributed by atoms with van der Waals surface area (Å²) in [5.41, 5.74) is 3.68. The smallest absolute Gasteiger partial charge is 0.256 e. The molecular formula is C22H23N7O2. The number of amides is 1. The van der Waals surface area contributed by atoms with Crippen LogP contribution in [0.25, 0.3) is 27.9 Å². The summed E-state index contributed by atoms with van der Waals surface area (Å²) in [6.07, 6.45) is 8.53. The van der Waals surface area contributed by atoms with Gasteiger partial charge in [0, 0.05) is 49.1 Å². The first-order valence-electron chi connectivity index (χ1n) is 10.6. The van der Waals surface area contributed by atoms with E-state index in [-0.39, 0.29) is 18.0 Å². The molecule has 158 valence electrons. The molecule has 0 spiro atoms. The van der Waals surface area contributed by atoms with Crippen LogP contribution in [0.1, 0.15) is 35.7 Å². The molecule has 1 aliphatic heterocycles. The van der Waals surface area contributed by atoms with Crippen LogP contribution < -0.4 is 10.6 Å². The number of anilines is 1. The van der Waals surface area contributed by atoms with Crippen molar-refractivity contribution in [1.29, 1.82) is 0 Å². The number of fused-ring (bicyclic) bond motifs is 2. The lowest BCUT2D eigenvalue weighted by Crippen LogP contribution is -2.25. The second-order valence-electron chi connectivity index (χ2n) is 8.16. The Bertz CT molecular complexity index is 1300. The Morgan fingerprint density at radius 2 is 2.16 bits per heavy atom. The van der Waals surface area contributed by atoms with Gasteiger partial charge in [-0.15, -0.1) is 0 Å². The van der Waals surface area contributed by atoms with E-state index in [4.69, 9.17) is 9.72 Å². The van der Waals surface area contributed by atoms with Gasteiger partial charge >= 0.3 is 0 Å². The number of nitrogens with zero attached hydrogens (tertiary/aromatic N) is 5. The minimum absolute atomic E-state index is 0.128. The number of rotatable bonds is 5. The van der Waals surface area contributed by atoms with Gasteiger partial charge in [-0.25, -0.2) is 9.97 Å². The first-order chi connectivity index (χ1) is 15.2. The van der Waals surface area contributed by atoms with E-state index in [9.17, 15) is 4.79 Å². The molecule has 2 N–H and O–H groups in total. The summed E-state index contributed by atoms with van der Waals surface area (Å²) in [4.78, 5) is 22.3. The van der Waals surface area contributed by atoms with E-state index in [1.54, 1.807) is 10.7 Å². The minimum Gasteiger partial charge on any atom is -0.379 e. The Kier molecular flexibility index (Phi) is 4.17. The van der Waals surface area contributed by atoms with E-state index >= 15 is 0 Å². The standard InChI is InChI=1S/C22H23N7O2/c1-23-19-9-18(27-21-16(10-25-29(19)21)22(30)26-13-4-5-13)17-11-28(14-6-8-31-12-14)20-15(17)3-2-7-24-20/h2-3,7,9-11,13-14,23H,4-6,8,12H2,1H3,(H,26,30). The molecule has 1 unspecified atom stereocenters. The van der Waals surface area contributed by atoms with Crippen molar-refractivity contribution in [2.75, 3.05) is 25.6 Å². The number of aromatic nitrogens is 5. The van der Waals surface area contributed by atoms with E-state index < -0.39 is 0 Å². The van der Waals surface area contributed by atoms with Crippen LogP contribution >= 0.6 is 0 Å². The highest BCUT2D eigenvalue weighted by Gasteiger charge is 2.27. The summed E-state index contributed by atoms with van der Waals surface area (Å²) >= 11 is 0. The third kappa shape index (κ3) is 3.04. The van der Waals surface area contributed by atoms with Crippen molar-refractivity contribution in [3.05, 3.63) is 42.4 Å². The summed E-state index contributed by atoms with van der Waals surface area (Å²) in [6.45, 7) is 1.44. The van der Waals surface area contributed by atoms with Crippen molar-refractivity contribution in [2.24, 2.45) is 0 Å². The molecule has 0 radical (unpaired) electrons. The molecule has 2 fully saturated rings. The van der Waals surface area contributed by atoms with Crippen molar-refractivity contribution >= 4 is 28.4 Å². The van der Waals surface area contributed by atoms with Crippen molar-refractivity contribution < 1.29 is 9.53 Å². The summed E-state index contributed by atoms with van der Waals surface area (Å²) in [7, 11) is 1.84. The quantitative estimate of drug-likeness (QED) is 0.518. The molecule has 0 bridgehead atoms. The number of hydrogen-bond donors (Lipinski definition) is 2. The maximum Gasteiger partial charge on any atom is 0.256 e. The van der Waals surface area contributed by atoms with E-state index in [2.05, 4.69) is 37.5 Å². The van der Waals surface area contributed by atoms with E-state index in [0.29, 0.717) is 17.8 Å². The fourth-order valence-electron chi connectivity index (χ4n) is 4.24. The number of hydrogen-bond acceptors (Lipinski definition) is 6. The van der Waals surface area contributed by atoms with Crippen LogP contribution in [0.4, 0.5) is 5.82 Å². The lowest BCUT2D eigenvalue weighted by atomic mass is 10.1. The molecule has 4 aromatic heterocycles. The maximum absolute atomic E-state index is 12.8. The fourth-order valence-corrected chi connectivity index (χ4v) is 4.24. The molecule has 31 heavy (non-hydrogen) atoms. The summed E-state index contributed by atoms with van der Waals surface area (Å²) in [5, 5.41) is 11.6. The number of ether oxygens (including phenoxy) is 1. The number of pyridine rings is 1. The third-order valence-corrected chi connectivity index (χ3v) is 6.05. The maximum atomic E-state index is 12.8. The Morgan fingerprint density at radius 3 is 2.94 bits per heavy atom. The normalized spacial score (nSPS) is 18.7. The van der Waals surface area contributed by atoms with E-state index in [1.807, 2.05) is 25.4 Å². The highest BCUT2D eigenvalue weighted by Crippen LogP contribution is 2.34. The highest BCUT2D eigenvalue weighted by atomic mass is 16.5. The first kappa shape index (κ1) is 18.3. The molecule has 9 heteroatoms. The number of nitrogens with one attached hydrogen (secondary N) is 2. The fraction of sp³-hybridized carbons (Fsp3) is 0.364. The predicted molar refractivity (Wildman–Crippen MR) is 116 cm³/mol. The zero-order chi connectivity index (χ0) is 20.9. The molecule has 5 heterocycles. The monoisotopic (exact) mass is 417 g/mol. The molecule has 0 aromatic carbocycles. The topological polar surface area (TPSA) is 98.4 Å². The molecule has 1 amide bonds.